The maximum Gasteiger partial charge on any atom is 0.226 e. The summed E-state index contributed by atoms with van der Waals surface area (Å²) in [6.45, 7) is 1.29. The van der Waals surface area contributed by atoms with Crippen molar-refractivity contribution in [2.75, 3.05) is 18.5 Å². The Balaban J connectivity index is 1.48. The average molecular weight is 419 g/mol. The second-order valence-electron chi connectivity index (χ2n) is 6.54. The van der Waals surface area contributed by atoms with Gasteiger partial charge in [0.25, 0.3) is 0 Å². The molecule has 2 aromatic rings. The van der Waals surface area contributed by atoms with E-state index in [2.05, 4.69) is 10.6 Å². The number of halogens is 1. The van der Waals surface area contributed by atoms with Gasteiger partial charge < -0.3 is 20.1 Å². The van der Waals surface area contributed by atoms with Crippen molar-refractivity contribution in [3.8, 4) is 5.75 Å². The summed E-state index contributed by atoms with van der Waals surface area (Å²) in [4.78, 5) is 12.2. The third-order valence-corrected chi connectivity index (χ3v) is 4.99. The Hall–Kier alpha value is -2.15. The highest BCUT2D eigenvalue weighted by molar-refractivity contribution is 7.80. The van der Waals surface area contributed by atoms with Crippen molar-refractivity contribution in [1.82, 2.24) is 5.32 Å². The number of nitrogens with one attached hydrogen (secondary N) is 2. The molecule has 0 spiro atoms. The van der Waals surface area contributed by atoms with Gasteiger partial charge in [-0.25, -0.2) is 0 Å². The van der Waals surface area contributed by atoms with Crippen molar-refractivity contribution in [2.45, 2.75) is 31.8 Å². The zero-order valence-electron chi connectivity index (χ0n) is 15.4. The molecular weight excluding hydrogens is 396 g/mol. The minimum atomic E-state index is -0.171. The van der Waals surface area contributed by atoms with Crippen LogP contribution in [0.5, 0.6) is 5.75 Å². The number of anilines is 1. The molecule has 0 aromatic heterocycles. The van der Waals surface area contributed by atoms with E-state index < -0.39 is 0 Å². The molecule has 0 aliphatic carbocycles. The minimum Gasteiger partial charge on any atom is -0.489 e. The van der Waals surface area contributed by atoms with Crippen molar-refractivity contribution < 1.29 is 14.3 Å². The van der Waals surface area contributed by atoms with E-state index in [9.17, 15) is 4.79 Å². The van der Waals surface area contributed by atoms with Crippen LogP contribution < -0.4 is 15.4 Å². The van der Waals surface area contributed by atoms with Gasteiger partial charge in [0.05, 0.1) is 11.8 Å². The number of hydrogen-bond donors (Lipinski definition) is 2. The van der Waals surface area contributed by atoms with E-state index in [1.165, 1.54) is 0 Å². The molecule has 1 amide bonds. The van der Waals surface area contributed by atoms with E-state index in [1.807, 2.05) is 48.5 Å². The number of carbonyl (C=O) groups excluding carboxylic acids is 1. The first-order chi connectivity index (χ1) is 13.6. The fraction of sp³-hybridized carbons (Fsp3) is 0.333. The lowest BCUT2D eigenvalue weighted by Gasteiger charge is -2.16. The second-order valence-corrected chi connectivity index (χ2v) is 7.35. The van der Waals surface area contributed by atoms with Gasteiger partial charge in [-0.1, -0.05) is 41.9 Å². The Morgan fingerprint density at radius 3 is 2.79 bits per heavy atom. The normalized spacial score (nSPS) is 15.8. The van der Waals surface area contributed by atoms with Crippen LogP contribution in [-0.4, -0.2) is 30.3 Å². The van der Waals surface area contributed by atoms with Gasteiger partial charge in [-0.3, -0.25) is 4.79 Å². The third kappa shape index (κ3) is 6.19. The van der Waals surface area contributed by atoms with Crippen LogP contribution in [0.1, 0.15) is 24.8 Å². The van der Waals surface area contributed by atoms with Gasteiger partial charge in [0.2, 0.25) is 5.91 Å². The van der Waals surface area contributed by atoms with Gasteiger partial charge in [0, 0.05) is 18.1 Å². The van der Waals surface area contributed by atoms with Gasteiger partial charge >= 0.3 is 0 Å². The van der Waals surface area contributed by atoms with Crippen molar-refractivity contribution in [1.29, 1.82) is 0 Å². The summed E-state index contributed by atoms with van der Waals surface area (Å²) in [6.07, 6.45) is 3.05. The smallest absolute Gasteiger partial charge is 0.226 e. The molecule has 7 heteroatoms. The zero-order valence-corrected chi connectivity index (χ0v) is 17.0. The van der Waals surface area contributed by atoms with Gasteiger partial charge in [0.15, 0.2) is 5.11 Å². The second kappa shape index (κ2) is 10.4. The molecule has 2 N–H and O–H groups in total. The highest BCUT2D eigenvalue weighted by atomic mass is 35.5. The number of thiocarbonyl (C=S) groups is 1. The number of aryl methyl sites for hydroxylation is 1. The molecule has 3 rings (SSSR count). The number of para-hydroxylation sites is 2. The summed E-state index contributed by atoms with van der Waals surface area (Å²) < 4.78 is 11.5. The minimum absolute atomic E-state index is 0.129. The molecule has 1 heterocycles. The van der Waals surface area contributed by atoms with Crippen molar-refractivity contribution in [2.24, 2.45) is 0 Å². The zero-order chi connectivity index (χ0) is 19.8. The molecule has 0 radical (unpaired) electrons. The maximum atomic E-state index is 12.2. The molecular formula is C21H23ClN2O3S. The molecule has 5 nitrogen and oxygen atoms in total. The van der Waals surface area contributed by atoms with Crippen LogP contribution in [0.25, 0.3) is 0 Å². The lowest BCUT2D eigenvalue weighted by atomic mass is 10.1. The molecule has 0 bridgehead atoms. The summed E-state index contributed by atoms with van der Waals surface area (Å²) in [7, 11) is 0. The molecule has 1 aliphatic rings. The molecule has 1 unspecified atom stereocenters. The van der Waals surface area contributed by atoms with Crippen LogP contribution in [-0.2, 0) is 16.0 Å². The molecule has 28 heavy (non-hydrogen) atoms. The average Bonchev–Trinajstić information content (AvgIpc) is 3.20. The lowest BCUT2D eigenvalue weighted by molar-refractivity contribution is -0.119. The van der Waals surface area contributed by atoms with E-state index in [0.29, 0.717) is 35.9 Å². The summed E-state index contributed by atoms with van der Waals surface area (Å²) in [5, 5.41) is 6.63. The van der Waals surface area contributed by atoms with E-state index in [0.717, 1.165) is 25.0 Å². The summed E-state index contributed by atoms with van der Waals surface area (Å²) >= 11 is 11.4. The summed E-state index contributed by atoms with van der Waals surface area (Å²) in [5.74, 6) is 0.501. The Bertz CT molecular complexity index is 825. The summed E-state index contributed by atoms with van der Waals surface area (Å²) in [5.41, 5.74) is 1.64. The molecule has 1 saturated heterocycles. The number of amides is 1. The Labute approximate surface area is 175 Å². The van der Waals surface area contributed by atoms with Crippen molar-refractivity contribution in [3.05, 3.63) is 59.1 Å². The molecule has 148 valence electrons. The van der Waals surface area contributed by atoms with E-state index in [-0.39, 0.29) is 17.1 Å². The van der Waals surface area contributed by atoms with Crippen LogP contribution in [0.4, 0.5) is 5.69 Å². The van der Waals surface area contributed by atoms with Crippen LogP contribution in [0.2, 0.25) is 5.02 Å². The highest BCUT2D eigenvalue weighted by Crippen LogP contribution is 2.25. The van der Waals surface area contributed by atoms with Gasteiger partial charge in [0.1, 0.15) is 12.4 Å². The monoisotopic (exact) mass is 418 g/mol. The maximum absolute atomic E-state index is 12.2. The fourth-order valence-corrected chi connectivity index (χ4v) is 3.40. The number of benzene rings is 2. The van der Waals surface area contributed by atoms with Crippen LogP contribution in [0.15, 0.2) is 48.5 Å². The number of carbonyl (C=O) groups is 1. The molecule has 1 atom stereocenters. The Kier molecular flexibility index (Phi) is 7.65. The molecule has 1 aliphatic heterocycles. The first-order valence-electron chi connectivity index (χ1n) is 9.29. The first-order valence-corrected chi connectivity index (χ1v) is 10.1. The van der Waals surface area contributed by atoms with Crippen molar-refractivity contribution >= 4 is 40.5 Å². The Morgan fingerprint density at radius 1 is 1.21 bits per heavy atom. The van der Waals surface area contributed by atoms with Crippen LogP contribution >= 0.6 is 23.8 Å². The largest absolute Gasteiger partial charge is 0.489 e. The van der Waals surface area contributed by atoms with E-state index in [1.54, 1.807) is 0 Å². The third-order valence-electron chi connectivity index (χ3n) is 4.42. The number of rotatable bonds is 7. The first kappa shape index (κ1) is 20.6. The molecule has 0 saturated carbocycles. The quantitative estimate of drug-likeness (QED) is 0.655. The topological polar surface area (TPSA) is 59.6 Å². The van der Waals surface area contributed by atoms with Crippen molar-refractivity contribution in [3.63, 3.8) is 0 Å². The fourth-order valence-electron chi connectivity index (χ4n) is 2.95. The standard InChI is InChI=1S/C21H23ClN2O3S/c22-17-8-2-1-6-15(17)11-12-20(25)24-21(28)23-18-9-3-4-10-19(18)27-14-16-7-5-13-26-16/h1-4,6,8-10,16H,5,7,11-14H2,(H2,23,24,25,28). The van der Waals surface area contributed by atoms with E-state index >= 15 is 0 Å². The molecule has 2 aromatic carbocycles. The Morgan fingerprint density at radius 2 is 2.00 bits per heavy atom. The van der Waals surface area contributed by atoms with Gasteiger partial charge in [-0.15, -0.1) is 0 Å². The predicted octanol–water partition coefficient (Wildman–Crippen LogP) is 4.34. The van der Waals surface area contributed by atoms with Crippen LogP contribution in [0.3, 0.4) is 0 Å². The SMILES string of the molecule is O=C(CCc1ccccc1Cl)NC(=S)Nc1ccccc1OCC1CCCO1. The van der Waals surface area contributed by atoms with E-state index in [4.69, 9.17) is 33.3 Å². The van der Waals surface area contributed by atoms with Gasteiger partial charge in [-0.2, -0.15) is 0 Å². The highest BCUT2D eigenvalue weighted by Gasteiger charge is 2.17. The predicted molar refractivity (Wildman–Crippen MR) is 115 cm³/mol. The molecule has 1 fully saturated rings. The number of hydrogen-bond acceptors (Lipinski definition) is 4. The lowest BCUT2D eigenvalue weighted by Crippen LogP contribution is -2.34. The number of ether oxygens (including phenoxy) is 2. The van der Waals surface area contributed by atoms with Gasteiger partial charge in [-0.05, 0) is 55.2 Å². The van der Waals surface area contributed by atoms with Crippen LogP contribution in [0, 0.1) is 0 Å². The summed E-state index contributed by atoms with van der Waals surface area (Å²) in [6, 6.07) is 15.0.